The van der Waals surface area contributed by atoms with Gasteiger partial charge in [0.05, 0.1) is 10.6 Å². The molecule has 0 unspecified atom stereocenters. The van der Waals surface area contributed by atoms with Crippen LogP contribution < -0.4 is 5.56 Å². The lowest BCUT2D eigenvalue weighted by Gasteiger charge is -2.14. The molecule has 0 radical (unpaired) electrons. The highest BCUT2D eigenvalue weighted by Gasteiger charge is 2.22. The van der Waals surface area contributed by atoms with Gasteiger partial charge in [-0.1, -0.05) is 59.6 Å². The van der Waals surface area contributed by atoms with Crippen LogP contribution in [0.5, 0.6) is 0 Å². The van der Waals surface area contributed by atoms with Crippen LogP contribution in [0.2, 0.25) is 5.02 Å². The van der Waals surface area contributed by atoms with Crippen LogP contribution in [0, 0.1) is 6.92 Å². The van der Waals surface area contributed by atoms with E-state index >= 15 is 0 Å². The second-order valence-electron chi connectivity index (χ2n) is 6.94. The third-order valence-corrected chi connectivity index (χ3v) is 6.75. The molecule has 29 heavy (non-hydrogen) atoms. The molecule has 0 saturated heterocycles. The van der Waals surface area contributed by atoms with E-state index in [1.165, 1.54) is 0 Å². The number of benzene rings is 3. The van der Waals surface area contributed by atoms with Crippen LogP contribution in [-0.4, -0.2) is 13.4 Å². The number of H-pyrrole nitrogens is 1. The fourth-order valence-corrected chi connectivity index (χ4v) is 4.94. The van der Waals surface area contributed by atoms with Crippen molar-refractivity contribution in [3.05, 3.63) is 99.3 Å². The minimum absolute atomic E-state index is 0.188. The maximum Gasteiger partial charge on any atom is 0.253 e. The topological polar surface area (TPSA) is 67.0 Å². The molecule has 6 heteroatoms. The number of aromatic nitrogens is 1. The molecular formula is C23H18ClNO3S. The van der Waals surface area contributed by atoms with Gasteiger partial charge in [0.15, 0.2) is 9.84 Å². The summed E-state index contributed by atoms with van der Waals surface area (Å²) in [7, 11) is -3.71. The third-order valence-electron chi connectivity index (χ3n) is 4.85. The Labute approximate surface area is 173 Å². The van der Waals surface area contributed by atoms with Crippen LogP contribution in [0.15, 0.2) is 82.5 Å². The zero-order chi connectivity index (χ0) is 20.6. The number of pyridine rings is 1. The van der Waals surface area contributed by atoms with E-state index in [1.807, 2.05) is 37.3 Å². The highest BCUT2D eigenvalue weighted by Crippen LogP contribution is 2.32. The quantitative estimate of drug-likeness (QED) is 0.494. The zero-order valence-electron chi connectivity index (χ0n) is 15.6. The van der Waals surface area contributed by atoms with Crippen molar-refractivity contribution in [3.63, 3.8) is 0 Å². The van der Waals surface area contributed by atoms with Crippen LogP contribution in [0.1, 0.15) is 11.1 Å². The predicted molar refractivity (Wildman–Crippen MR) is 117 cm³/mol. The predicted octanol–water partition coefficient (Wildman–Crippen LogP) is 5.13. The average molecular weight is 424 g/mol. The Morgan fingerprint density at radius 3 is 2.31 bits per heavy atom. The minimum Gasteiger partial charge on any atom is -0.322 e. The lowest BCUT2D eigenvalue weighted by Crippen LogP contribution is -2.19. The van der Waals surface area contributed by atoms with Crippen LogP contribution >= 0.6 is 11.6 Å². The first kappa shape index (κ1) is 19.4. The molecule has 0 aliphatic rings. The number of aromatic amines is 1. The summed E-state index contributed by atoms with van der Waals surface area (Å²) >= 11 is 6.20. The van der Waals surface area contributed by atoms with Crippen molar-refractivity contribution in [1.82, 2.24) is 4.98 Å². The van der Waals surface area contributed by atoms with Gasteiger partial charge in [-0.3, -0.25) is 4.79 Å². The number of hydrogen-bond acceptors (Lipinski definition) is 3. The first-order valence-corrected chi connectivity index (χ1v) is 11.1. The molecule has 4 rings (SSSR count). The number of fused-ring (bicyclic) bond motifs is 1. The van der Waals surface area contributed by atoms with E-state index in [0.29, 0.717) is 21.5 Å². The zero-order valence-corrected chi connectivity index (χ0v) is 17.2. The fraction of sp³-hybridized carbons (Fsp3) is 0.0870. The maximum absolute atomic E-state index is 13.1. The van der Waals surface area contributed by atoms with E-state index < -0.39 is 21.1 Å². The van der Waals surface area contributed by atoms with E-state index in [-0.39, 0.29) is 10.5 Å². The van der Waals surface area contributed by atoms with Gasteiger partial charge in [-0.05, 0) is 42.8 Å². The highest BCUT2D eigenvalue weighted by molar-refractivity contribution is 7.90. The van der Waals surface area contributed by atoms with Gasteiger partial charge in [0.25, 0.3) is 5.56 Å². The monoisotopic (exact) mass is 423 g/mol. The molecule has 1 N–H and O–H groups in total. The molecule has 0 aliphatic carbocycles. The van der Waals surface area contributed by atoms with Crippen molar-refractivity contribution >= 4 is 32.3 Å². The summed E-state index contributed by atoms with van der Waals surface area (Å²) in [5.41, 5.74) is 2.70. The number of rotatable bonds is 4. The molecule has 0 aliphatic heterocycles. The molecule has 0 amide bonds. The first-order valence-electron chi connectivity index (χ1n) is 9.04. The van der Waals surface area contributed by atoms with Crippen LogP contribution in [-0.2, 0) is 15.6 Å². The Morgan fingerprint density at radius 1 is 0.931 bits per heavy atom. The molecule has 146 valence electrons. The summed E-state index contributed by atoms with van der Waals surface area (Å²) in [4.78, 5) is 15.9. The summed E-state index contributed by atoms with van der Waals surface area (Å²) in [6, 6.07) is 21.1. The number of hydrogen-bond donors (Lipinski definition) is 1. The minimum atomic E-state index is -3.71. The molecular weight excluding hydrogens is 406 g/mol. The molecule has 1 heterocycles. The van der Waals surface area contributed by atoms with Crippen LogP contribution in [0.25, 0.3) is 22.0 Å². The summed E-state index contributed by atoms with van der Waals surface area (Å²) in [6.07, 6.45) is 0. The second-order valence-corrected chi connectivity index (χ2v) is 9.36. The van der Waals surface area contributed by atoms with Gasteiger partial charge in [0.1, 0.15) is 0 Å². The summed E-state index contributed by atoms with van der Waals surface area (Å²) in [6.45, 7) is 1.89. The summed E-state index contributed by atoms with van der Waals surface area (Å²) in [5.74, 6) is -0.405. The van der Waals surface area contributed by atoms with Gasteiger partial charge < -0.3 is 4.98 Å². The van der Waals surface area contributed by atoms with Crippen molar-refractivity contribution in [3.8, 4) is 11.1 Å². The van der Waals surface area contributed by atoms with E-state index in [2.05, 4.69) is 4.98 Å². The Balaban J connectivity index is 1.98. The molecule has 4 aromatic rings. The Hall–Kier alpha value is -2.89. The molecule has 0 bridgehead atoms. The van der Waals surface area contributed by atoms with Gasteiger partial charge in [-0.25, -0.2) is 8.42 Å². The summed E-state index contributed by atoms with van der Waals surface area (Å²) < 4.78 is 26.1. The number of aryl methyl sites for hydroxylation is 1. The molecule has 0 saturated carbocycles. The largest absolute Gasteiger partial charge is 0.322 e. The third kappa shape index (κ3) is 3.84. The van der Waals surface area contributed by atoms with Gasteiger partial charge in [0, 0.05) is 27.1 Å². The Kier molecular flexibility index (Phi) is 5.03. The second kappa shape index (κ2) is 7.50. The molecule has 0 fully saturated rings. The lowest BCUT2D eigenvalue weighted by molar-refractivity contribution is 0.595. The van der Waals surface area contributed by atoms with E-state index in [9.17, 15) is 13.2 Å². The molecule has 4 nitrogen and oxygen atoms in total. The standard InChI is InChI=1S/C23H18ClNO3S/c1-15-7-10-18(11-8-15)29(27,28)14-20-22(16-5-3-2-4-6-16)19-13-17(24)9-12-21(19)25-23(20)26/h2-13H,14H2,1H3,(H,25,26). The van der Waals surface area contributed by atoms with E-state index in [4.69, 9.17) is 11.6 Å². The average Bonchev–Trinajstić information content (AvgIpc) is 2.70. The maximum atomic E-state index is 13.1. The highest BCUT2D eigenvalue weighted by atomic mass is 35.5. The molecule has 0 spiro atoms. The summed E-state index contributed by atoms with van der Waals surface area (Å²) in [5, 5.41) is 1.21. The van der Waals surface area contributed by atoms with Gasteiger partial charge in [-0.15, -0.1) is 0 Å². The number of sulfone groups is 1. The first-order chi connectivity index (χ1) is 13.8. The number of halogens is 1. The smallest absolute Gasteiger partial charge is 0.253 e. The van der Waals surface area contributed by atoms with Crippen molar-refractivity contribution in [1.29, 1.82) is 0 Å². The Morgan fingerprint density at radius 2 is 1.62 bits per heavy atom. The van der Waals surface area contributed by atoms with Crippen LogP contribution in [0.4, 0.5) is 0 Å². The SMILES string of the molecule is Cc1ccc(S(=O)(=O)Cc2c(-c3ccccc3)c3cc(Cl)ccc3[nH]c2=O)cc1. The van der Waals surface area contributed by atoms with Crippen molar-refractivity contribution < 1.29 is 8.42 Å². The molecule has 1 aromatic heterocycles. The molecule has 0 atom stereocenters. The van der Waals surface area contributed by atoms with Gasteiger partial charge in [-0.2, -0.15) is 0 Å². The molecule has 3 aromatic carbocycles. The normalized spacial score (nSPS) is 11.7. The Bertz CT molecular complexity index is 1360. The van der Waals surface area contributed by atoms with E-state index in [0.717, 1.165) is 11.1 Å². The van der Waals surface area contributed by atoms with E-state index in [1.54, 1.807) is 42.5 Å². The van der Waals surface area contributed by atoms with Gasteiger partial charge >= 0.3 is 0 Å². The van der Waals surface area contributed by atoms with Gasteiger partial charge in [0.2, 0.25) is 0 Å². The number of nitrogens with one attached hydrogen (secondary N) is 1. The van der Waals surface area contributed by atoms with Crippen molar-refractivity contribution in [2.24, 2.45) is 0 Å². The van der Waals surface area contributed by atoms with Crippen molar-refractivity contribution in [2.75, 3.05) is 0 Å². The lowest BCUT2D eigenvalue weighted by atomic mass is 9.97. The van der Waals surface area contributed by atoms with Crippen LogP contribution in [0.3, 0.4) is 0 Å². The van der Waals surface area contributed by atoms with Crippen molar-refractivity contribution in [2.45, 2.75) is 17.6 Å². The fourth-order valence-electron chi connectivity index (χ4n) is 3.40.